The highest BCUT2D eigenvalue weighted by Gasteiger charge is 2.27. The molecule has 0 aromatic rings. The second kappa shape index (κ2) is 14.0. The molecule has 0 aliphatic carbocycles. The number of hydrogen-bond donors (Lipinski definition) is 0. The van der Waals surface area contributed by atoms with Crippen LogP contribution in [-0.2, 0) is 18.4 Å². The van der Waals surface area contributed by atoms with Crippen LogP contribution in [0.2, 0.25) is 12.6 Å². The standard InChI is InChI=1S/C18H38O4Si/c1-17(2)16-22-18(19)14-12-10-8-6-7-9-11-13-15-23(5,20-3)21-4/h17H,6-16H2,1-5H3. The molecule has 0 amide bonds. The average Bonchev–Trinajstić information content (AvgIpc) is 2.54. The number of hydrogen-bond acceptors (Lipinski definition) is 4. The van der Waals surface area contributed by atoms with Gasteiger partial charge in [0.25, 0.3) is 0 Å². The van der Waals surface area contributed by atoms with E-state index in [0.29, 0.717) is 18.9 Å². The Morgan fingerprint density at radius 1 is 0.870 bits per heavy atom. The summed E-state index contributed by atoms with van der Waals surface area (Å²) in [5.41, 5.74) is 0. The van der Waals surface area contributed by atoms with Gasteiger partial charge in [0.05, 0.1) is 6.61 Å². The summed E-state index contributed by atoms with van der Waals surface area (Å²) in [6, 6.07) is 1.08. The molecule has 0 unspecified atom stereocenters. The topological polar surface area (TPSA) is 44.8 Å². The normalized spacial score (nSPS) is 11.9. The van der Waals surface area contributed by atoms with Crippen LogP contribution < -0.4 is 0 Å². The van der Waals surface area contributed by atoms with Crippen molar-refractivity contribution in [3.63, 3.8) is 0 Å². The monoisotopic (exact) mass is 346 g/mol. The zero-order valence-electron chi connectivity index (χ0n) is 16.0. The Morgan fingerprint density at radius 2 is 1.35 bits per heavy atom. The van der Waals surface area contributed by atoms with Crippen LogP contribution in [0, 0.1) is 5.92 Å². The molecule has 5 heteroatoms. The number of carbonyl (C=O) groups excluding carboxylic acids is 1. The van der Waals surface area contributed by atoms with Gasteiger partial charge in [-0.15, -0.1) is 0 Å². The number of ether oxygens (including phenoxy) is 1. The van der Waals surface area contributed by atoms with E-state index in [1.807, 2.05) is 0 Å². The summed E-state index contributed by atoms with van der Waals surface area (Å²) in [5, 5.41) is 0. The number of rotatable bonds is 15. The third-order valence-electron chi connectivity index (χ3n) is 4.20. The van der Waals surface area contributed by atoms with Crippen molar-refractivity contribution in [3.05, 3.63) is 0 Å². The molecule has 0 radical (unpaired) electrons. The molecule has 0 aromatic carbocycles. The number of esters is 1. The summed E-state index contributed by atoms with van der Waals surface area (Å²) in [4.78, 5) is 11.4. The van der Waals surface area contributed by atoms with Crippen LogP contribution in [0.4, 0.5) is 0 Å². The van der Waals surface area contributed by atoms with Gasteiger partial charge >= 0.3 is 14.5 Å². The third-order valence-corrected chi connectivity index (χ3v) is 7.19. The van der Waals surface area contributed by atoms with Crippen LogP contribution in [0.15, 0.2) is 0 Å². The molecule has 0 spiro atoms. The van der Waals surface area contributed by atoms with Gasteiger partial charge in [0.1, 0.15) is 0 Å². The van der Waals surface area contributed by atoms with Gasteiger partial charge in [0.15, 0.2) is 0 Å². The van der Waals surface area contributed by atoms with Gasteiger partial charge in [-0.25, -0.2) is 0 Å². The minimum Gasteiger partial charge on any atom is -0.465 e. The second-order valence-corrected chi connectivity index (χ2v) is 10.5. The summed E-state index contributed by atoms with van der Waals surface area (Å²) in [7, 11) is 1.66. The summed E-state index contributed by atoms with van der Waals surface area (Å²) in [5.74, 6) is 0.384. The molecule has 0 saturated heterocycles. The van der Waals surface area contributed by atoms with Gasteiger partial charge in [0, 0.05) is 20.6 Å². The molecule has 0 rings (SSSR count). The molecule has 0 fully saturated rings. The molecule has 138 valence electrons. The van der Waals surface area contributed by atoms with E-state index in [4.69, 9.17) is 13.6 Å². The van der Waals surface area contributed by atoms with E-state index in [2.05, 4.69) is 20.4 Å². The van der Waals surface area contributed by atoms with Gasteiger partial charge in [-0.05, 0) is 24.9 Å². The van der Waals surface area contributed by atoms with E-state index < -0.39 is 8.56 Å². The fourth-order valence-corrected chi connectivity index (χ4v) is 3.86. The van der Waals surface area contributed by atoms with E-state index >= 15 is 0 Å². The van der Waals surface area contributed by atoms with Crippen molar-refractivity contribution in [2.24, 2.45) is 5.92 Å². The van der Waals surface area contributed by atoms with Crippen LogP contribution in [0.5, 0.6) is 0 Å². The maximum absolute atomic E-state index is 11.4. The lowest BCUT2D eigenvalue weighted by Crippen LogP contribution is -2.35. The highest BCUT2D eigenvalue weighted by Crippen LogP contribution is 2.17. The second-order valence-electron chi connectivity index (χ2n) is 6.95. The molecule has 0 bridgehead atoms. The first kappa shape index (κ1) is 22.6. The molecule has 0 aliphatic heterocycles. The minimum atomic E-state index is -1.85. The molecule has 0 aliphatic rings. The van der Waals surface area contributed by atoms with Gasteiger partial charge in [-0.3, -0.25) is 4.79 Å². The van der Waals surface area contributed by atoms with Crippen LogP contribution in [0.1, 0.15) is 71.6 Å². The maximum Gasteiger partial charge on any atom is 0.334 e. The summed E-state index contributed by atoms with van der Waals surface area (Å²) in [6.45, 7) is 6.78. The SMILES string of the molecule is CO[Si](C)(CCCCCCCCCCC(=O)OCC(C)C)OC. The third kappa shape index (κ3) is 13.7. The Hall–Kier alpha value is -0.393. The largest absolute Gasteiger partial charge is 0.465 e. The summed E-state index contributed by atoms with van der Waals surface area (Å²) in [6.07, 6.45) is 10.2. The van der Waals surface area contributed by atoms with Crippen molar-refractivity contribution in [2.45, 2.75) is 84.2 Å². The van der Waals surface area contributed by atoms with E-state index in [1.54, 1.807) is 14.2 Å². The lowest BCUT2D eigenvalue weighted by Gasteiger charge is -2.22. The molecule has 0 N–H and O–H groups in total. The maximum atomic E-state index is 11.4. The van der Waals surface area contributed by atoms with E-state index in [9.17, 15) is 4.79 Å². The van der Waals surface area contributed by atoms with Crippen molar-refractivity contribution in [1.29, 1.82) is 0 Å². The zero-order chi connectivity index (χ0) is 17.6. The average molecular weight is 347 g/mol. The lowest BCUT2D eigenvalue weighted by molar-refractivity contribution is -0.144. The molecule has 23 heavy (non-hydrogen) atoms. The molecule has 0 heterocycles. The van der Waals surface area contributed by atoms with Crippen molar-refractivity contribution < 1.29 is 18.4 Å². The zero-order valence-corrected chi connectivity index (χ0v) is 17.0. The van der Waals surface area contributed by atoms with Crippen molar-refractivity contribution in [2.75, 3.05) is 20.8 Å². The van der Waals surface area contributed by atoms with E-state index in [1.165, 1.54) is 38.5 Å². The summed E-state index contributed by atoms with van der Waals surface area (Å²) >= 11 is 0. The molecular weight excluding hydrogens is 308 g/mol. The smallest absolute Gasteiger partial charge is 0.334 e. The van der Waals surface area contributed by atoms with Gasteiger partial charge in [-0.2, -0.15) is 0 Å². The van der Waals surface area contributed by atoms with Crippen molar-refractivity contribution >= 4 is 14.5 Å². The van der Waals surface area contributed by atoms with E-state index in [-0.39, 0.29) is 5.97 Å². The highest BCUT2D eigenvalue weighted by atomic mass is 28.4. The fourth-order valence-electron chi connectivity index (χ4n) is 2.40. The molecule has 0 atom stereocenters. The number of unbranched alkanes of at least 4 members (excludes halogenated alkanes) is 7. The van der Waals surface area contributed by atoms with Gasteiger partial charge in [-0.1, -0.05) is 58.8 Å². The fraction of sp³-hybridized carbons (Fsp3) is 0.944. The Kier molecular flexibility index (Phi) is 13.8. The Bertz CT molecular complexity index is 291. The van der Waals surface area contributed by atoms with Gasteiger partial charge in [0.2, 0.25) is 0 Å². The Labute approximate surface area is 144 Å². The van der Waals surface area contributed by atoms with Crippen LogP contribution >= 0.6 is 0 Å². The molecule has 4 nitrogen and oxygen atoms in total. The quantitative estimate of drug-likeness (QED) is 0.236. The Balaban J connectivity index is 3.32. The van der Waals surface area contributed by atoms with Crippen LogP contribution in [-0.4, -0.2) is 35.4 Å². The first-order chi connectivity index (χ1) is 10.9. The number of carbonyl (C=O) groups is 1. The molecule has 0 aromatic heterocycles. The first-order valence-corrected chi connectivity index (χ1v) is 11.7. The predicted molar refractivity (Wildman–Crippen MR) is 97.8 cm³/mol. The van der Waals surface area contributed by atoms with Crippen LogP contribution in [0.25, 0.3) is 0 Å². The minimum absolute atomic E-state index is 0.0396. The summed E-state index contributed by atoms with van der Waals surface area (Å²) < 4.78 is 16.1. The highest BCUT2D eigenvalue weighted by molar-refractivity contribution is 6.65. The Morgan fingerprint density at radius 3 is 1.83 bits per heavy atom. The first-order valence-electron chi connectivity index (χ1n) is 9.19. The predicted octanol–water partition coefficient (Wildman–Crippen LogP) is 5.06. The lowest BCUT2D eigenvalue weighted by atomic mass is 10.1. The van der Waals surface area contributed by atoms with Crippen LogP contribution in [0.3, 0.4) is 0 Å². The van der Waals surface area contributed by atoms with E-state index in [0.717, 1.165) is 18.9 Å². The van der Waals surface area contributed by atoms with Crippen molar-refractivity contribution in [1.82, 2.24) is 0 Å². The molecule has 0 saturated carbocycles. The van der Waals surface area contributed by atoms with Crippen molar-refractivity contribution in [3.8, 4) is 0 Å². The molecular formula is C18H38O4Si. The van der Waals surface area contributed by atoms with Gasteiger partial charge < -0.3 is 13.6 Å².